The Balaban J connectivity index is 2.94. The Labute approximate surface area is 111 Å². The molecule has 0 saturated heterocycles. The van der Waals surface area contributed by atoms with Gasteiger partial charge in [-0.25, -0.2) is 4.98 Å². The Bertz CT molecular complexity index is 488. The summed E-state index contributed by atoms with van der Waals surface area (Å²) < 4.78 is 4.90. The maximum Gasteiger partial charge on any atom is 0.254 e. The molecule has 0 aliphatic rings. The lowest BCUT2D eigenvalue weighted by molar-refractivity contribution is -0.118. The lowest BCUT2D eigenvalue weighted by Crippen LogP contribution is -2.39. The molecule has 0 fully saturated rings. The number of hydrogen-bond donors (Lipinski definition) is 3. The number of nitrogens with one attached hydrogen (secondary N) is 1. The van der Waals surface area contributed by atoms with E-state index in [1.807, 2.05) is 13.8 Å². The third kappa shape index (κ3) is 3.65. The standard InChI is InChI=1S/C12H18N4O3/c1-6(2)9(13)11(18)16-7-4-8(10(14)17)12(19-3)15-5-7/h4-6,9H,13H2,1-3H3,(H2,14,17)(H,16,18)/t9-/m0/s1. The van der Waals surface area contributed by atoms with Crippen LogP contribution < -0.4 is 21.5 Å². The molecular weight excluding hydrogens is 248 g/mol. The molecule has 19 heavy (non-hydrogen) atoms. The number of amides is 2. The number of carbonyl (C=O) groups excluding carboxylic acids is 2. The first-order chi connectivity index (χ1) is 8.86. The molecule has 0 aliphatic heterocycles. The molecule has 0 bridgehead atoms. The van der Waals surface area contributed by atoms with Crippen molar-refractivity contribution in [1.82, 2.24) is 4.98 Å². The van der Waals surface area contributed by atoms with Gasteiger partial charge in [0, 0.05) is 0 Å². The minimum Gasteiger partial charge on any atom is -0.480 e. The van der Waals surface area contributed by atoms with E-state index in [1.165, 1.54) is 19.4 Å². The Kier molecular flexibility index (Phi) is 4.82. The topological polar surface area (TPSA) is 120 Å². The van der Waals surface area contributed by atoms with Crippen molar-refractivity contribution in [2.75, 3.05) is 12.4 Å². The average molecular weight is 266 g/mol. The molecule has 7 heteroatoms. The number of carbonyl (C=O) groups is 2. The van der Waals surface area contributed by atoms with Crippen LogP contribution in [0, 0.1) is 5.92 Å². The maximum absolute atomic E-state index is 11.8. The van der Waals surface area contributed by atoms with E-state index in [1.54, 1.807) is 0 Å². The molecule has 0 spiro atoms. The van der Waals surface area contributed by atoms with Crippen molar-refractivity contribution in [3.05, 3.63) is 17.8 Å². The van der Waals surface area contributed by atoms with Crippen LogP contribution in [0.5, 0.6) is 5.88 Å². The van der Waals surface area contributed by atoms with Crippen LogP contribution in [0.4, 0.5) is 5.69 Å². The first-order valence-electron chi connectivity index (χ1n) is 5.77. The van der Waals surface area contributed by atoms with Crippen LogP contribution in [0.25, 0.3) is 0 Å². The number of primary amides is 1. The minimum absolute atomic E-state index is 0.00168. The second kappa shape index (κ2) is 6.14. The van der Waals surface area contributed by atoms with Gasteiger partial charge in [0.1, 0.15) is 5.56 Å². The average Bonchev–Trinajstić information content (AvgIpc) is 2.37. The molecule has 1 aromatic rings. The lowest BCUT2D eigenvalue weighted by Gasteiger charge is -2.15. The molecule has 0 saturated carbocycles. The van der Waals surface area contributed by atoms with Crippen molar-refractivity contribution < 1.29 is 14.3 Å². The van der Waals surface area contributed by atoms with Gasteiger partial charge in [0.2, 0.25) is 11.8 Å². The molecule has 2 amide bonds. The quantitative estimate of drug-likeness (QED) is 0.698. The van der Waals surface area contributed by atoms with E-state index >= 15 is 0 Å². The van der Waals surface area contributed by atoms with E-state index in [2.05, 4.69) is 10.3 Å². The highest BCUT2D eigenvalue weighted by atomic mass is 16.5. The fourth-order valence-corrected chi connectivity index (χ4v) is 1.39. The summed E-state index contributed by atoms with van der Waals surface area (Å²) in [6, 6.07) is 0.762. The summed E-state index contributed by atoms with van der Waals surface area (Å²) in [7, 11) is 1.38. The van der Waals surface area contributed by atoms with Crippen LogP contribution in [0.2, 0.25) is 0 Å². The summed E-state index contributed by atoms with van der Waals surface area (Å²) >= 11 is 0. The fraction of sp³-hybridized carbons (Fsp3) is 0.417. The molecule has 1 aromatic heterocycles. The molecule has 104 valence electrons. The zero-order valence-corrected chi connectivity index (χ0v) is 11.1. The monoisotopic (exact) mass is 266 g/mol. The second-order valence-corrected chi connectivity index (χ2v) is 4.40. The number of pyridine rings is 1. The van der Waals surface area contributed by atoms with Gasteiger partial charge in [-0.3, -0.25) is 9.59 Å². The molecule has 0 radical (unpaired) electrons. The first-order valence-corrected chi connectivity index (χ1v) is 5.77. The van der Waals surface area contributed by atoms with Crippen molar-refractivity contribution in [2.24, 2.45) is 17.4 Å². The predicted octanol–water partition coefficient (Wildman–Crippen LogP) is 0.111. The Hall–Kier alpha value is -2.15. The van der Waals surface area contributed by atoms with Crippen LogP contribution >= 0.6 is 0 Å². The van der Waals surface area contributed by atoms with E-state index in [9.17, 15) is 9.59 Å². The molecule has 7 nitrogen and oxygen atoms in total. The summed E-state index contributed by atoms with van der Waals surface area (Å²) in [5.74, 6) is -0.925. The normalized spacial score (nSPS) is 12.1. The van der Waals surface area contributed by atoms with Gasteiger partial charge in [-0.2, -0.15) is 0 Å². The summed E-state index contributed by atoms with van der Waals surface area (Å²) in [6.07, 6.45) is 1.37. The van der Waals surface area contributed by atoms with Crippen molar-refractivity contribution in [3.63, 3.8) is 0 Å². The number of hydrogen-bond acceptors (Lipinski definition) is 5. The molecular formula is C12H18N4O3. The highest BCUT2D eigenvalue weighted by Crippen LogP contribution is 2.19. The number of aromatic nitrogens is 1. The Morgan fingerprint density at radius 3 is 2.53 bits per heavy atom. The van der Waals surface area contributed by atoms with Gasteiger partial charge in [0.25, 0.3) is 5.91 Å². The van der Waals surface area contributed by atoms with Gasteiger partial charge >= 0.3 is 0 Å². The summed E-state index contributed by atoms with van der Waals surface area (Å²) in [6.45, 7) is 3.68. The zero-order valence-electron chi connectivity index (χ0n) is 11.1. The van der Waals surface area contributed by atoms with Crippen molar-refractivity contribution in [3.8, 4) is 5.88 Å². The SMILES string of the molecule is COc1ncc(NC(=O)[C@@H](N)C(C)C)cc1C(N)=O. The van der Waals surface area contributed by atoms with E-state index in [-0.39, 0.29) is 23.3 Å². The van der Waals surface area contributed by atoms with Gasteiger partial charge in [-0.1, -0.05) is 13.8 Å². The van der Waals surface area contributed by atoms with Gasteiger partial charge in [0.05, 0.1) is 25.0 Å². The minimum atomic E-state index is -0.686. The molecule has 0 aromatic carbocycles. The highest BCUT2D eigenvalue weighted by Gasteiger charge is 2.18. The van der Waals surface area contributed by atoms with Gasteiger partial charge < -0.3 is 21.5 Å². The van der Waals surface area contributed by atoms with Gasteiger partial charge in [-0.15, -0.1) is 0 Å². The van der Waals surface area contributed by atoms with E-state index in [0.29, 0.717) is 5.69 Å². The van der Waals surface area contributed by atoms with Crippen LogP contribution in [0.3, 0.4) is 0 Å². The molecule has 0 aliphatic carbocycles. The summed E-state index contributed by atoms with van der Waals surface area (Å²) in [5, 5.41) is 2.58. The largest absolute Gasteiger partial charge is 0.480 e. The highest BCUT2D eigenvalue weighted by molar-refractivity contribution is 5.99. The van der Waals surface area contributed by atoms with E-state index in [4.69, 9.17) is 16.2 Å². The predicted molar refractivity (Wildman–Crippen MR) is 70.8 cm³/mol. The van der Waals surface area contributed by atoms with Crippen molar-refractivity contribution >= 4 is 17.5 Å². The molecule has 0 unspecified atom stereocenters. The van der Waals surface area contributed by atoms with Crippen LogP contribution in [-0.4, -0.2) is 29.9 Å². The van der Waals surface area contributed by atoms with Crippen LogP contribution in [0.1, 0.15) is 24.2 Å². The van der Waals surface area contributed by atoms with E-state index < -0.39 is 11.9 Å². The lowest BCUT2D eigenvalue weighted by atomic mass is 10.0. The fourth-order valence-electron chi connectivity index (χ4n) is 1.39. The summed E-state index contributed by atoms with van der Waals surface area (Å²) in [4.78, 5) is 26.9. The van der Waals surface area contributed by atoms with Gasteiger partial charge in [0.15, 0.2) is 0 Å². The molecule has 1 heterocycles. The number of nitrogens with zero attached hydrogens (tertiary/aromatic N) is 1. The third-order valence-corrected chi connectivity index (χ3v) is 2.60. The third-order valence-electron chi connectivity index (χ3n) is 2.60. The van der Waals surface area contributed by atoms with Crippen LogP contribution in [-0.2, 0) is 4.79 Å². The number of anilines is 1. The van der Waals surface area contributed by atoms with Gasteiger partial charge in [-0.05, 0) is 12.0 Å². The van der Waals surface area contributed by atoms with Crippen molar-refractivity contribution in [2.45, 2.75) is 19.9 Å². The summed E-state index contributed by atoms with van der Waals surface area (Å²) in [5.41, 5.74) is 11.4. The smallest absolute Gasteiger partial charge is 0.254 e. The Morgan fingerprint density at radius 2 is 2.05 bits per heavy atom. The molecule has 1 atom stereocenters. The molecule has 5 N–H and O–H groups in total. The second-order valence-electron chi connectivity index (χ2n) is 4.40. The number of rotatable bonds is 5. The Morgan fingerprint density at radius 1 is 1.42 bits per heavy atom. The number of ether oxygens (including phenoxy) is 1. The number of nitrogens with two attached hydrogens (primary N) is 2. The first kappa shape index (κ1) is 14.9. The molecule has 1 rings (SSSR count). The number of methoxy groups -OCH3 is 1. The zero-order chi connectivity index (χ0) is 14.6. The maximum atomic E-state index is 11.8. The van der Waals surface area contributed by atoms with E-state index in [0.717, 1.165) is 0 Å². The van der Waals surface area contributed by atoms with Crippen LogP contribution in [0.15, 0.2) is 12.3 Å². The van der Waals surface area contributed by atoms with Crippen molar-refractivity contribution in [1.29, 1.82) is 0 Å².